The van der Waals surface area contributed by atoms with Crippen LogP contribution in [-0.4, -0.2) is 6.61 Å². The summed E-state index contributed by atoms with van der Waals surface area (Å²) in [5, 5.41) is 0. The molecule has 0 fully saturated rings. The molecule has 0 bridgehead atoms. The van der Waals surface area contributed by atoms with Gasteiger partial charge in [-0.05, 0) is 48.1 Å². The lowest BCUT2D eigenvalue weighted by atomic mass is 9.97. The van der Waals surface area contributed by atoms with Gasteiger partial charge in [-0.15, -0.1) is 0 Å². The van der Waals surface area contributed by atoms with Gasteiger partial charge in [-0.2, -0.15) is 0 Å². The zero-order chi connectivity index (χ0) is 19.9. The number of hydrogen-bond acceptors (Lipinski definition) is 1. The molecular weight excluding hydrogens is 354 g/mol. The Kier molecular flexibility index (Phi) is 6.80. The lowest BCUT2D eigenvalue weighted by molar-refractivity contribution is 0.317. The van der Waals surface area contributed by atoms with E-state index in [1.807, 2.05) is 31.2 Å². The van der Waals surface area contributed by atoms with Crippen molar-refractivity contribution in [2.45, 2.75) is 39.5 Å². The molecular formula is C25H26F2O. The third-order valence-electron chi connectivity index (χ3n) is 4.80. The predicted octanol–water partition coefficient (Wildman–Crippen LogP) is 7.43. The molecule has 146 valence electrons. The number of halogens is 2. The van der Waals surface area contributed by atoms with Crippen molar-refractivity contribution >= 4 is 0 Å². The fourth-order valence-corrected chi connectivity index (χ4v) is 3.18. The van der Waals surface area contributed by atoms with Crippen LogP contribution >= 0.6 is 0 Å². The summed E-state index contributed by atoms with van der Waals surface area (Å²) < 4.78 is 35.1. The maximum absolute atomic E-state index is 14.8. The quantitative estimate of drug-likeness (QED) is 0.395. The number of unbranched alkanes of at least 4 members (excludes halogenated alkanes) is 1. The molecule has 0 N–H and O–H groups in total. The molecule has 0 aliphatic rings. The summed E-state index contributed by atoms with van der Waals surface area (Å²) in [6.45, 7) is 4.82. The van der Waals surface area contributed by atoms with Crippen LogP contribution < -0.4 is 4.74 Å². The summed E-state index contributed by atoms with van der Waals surface area (Å²) in [6, 6.07) is 18.1. The predicted molar refractivity (Wildman–Crippen MR) is 112 cm³/mol. The minimum Gasteiger partial charge on any atom is -0.494 e. The van der Waals surface area contributed by atoms with Gasteiger partial charge in [0.05, 0.1) is 6.61 Å². The molecule has 0 heterocycles. The molecule has 0 atom stereocenters. The van der Waals surface area contributed by atoms with Crippen molar-refractivity contribution in [2.75, 3.05) is 6.61 Å². The molecule has 0 radical (unpaired) electrons. The second-order valence-electron chi connectivity index (χ2n) is 6.96. The Labute approximate surface area is 166 Å². The normalized spacial score (nSPS) is 10.9. The molecule has 0 saturated heterocycles. The summed E-state index contributed by atoms with van der Waals surface area (Å²) in [6.07, 6.45) is 4.18. The Morgan fingerprint density at radius 2 is 1.21 bits per heavy atom. The highest BCUT2D eigenvalue weighted by Crippen LogP contribution is 2.32. The fourth-order valence-electron chi connectivity index (χ4n) is 3.18. The standard InChI is InChI=1S/C25H26F2O/c1-3-5-6-18-7-9-19(10-8-18)22-15-16-23(25(27)24(22)26)20-11-13-21(14-12-20)28-17-4-2/h7-16H,3-6,17H2,1-2H3. The van der Waals surface area contributed by atoms with E-state index in [-0.39, 0.29) is 11.1 Å². The third kappa shape index (κ3) is 4.59. The van der Waals surface area contributed by atoms with Crippen LogP contribution in [-0.2, 0) is 6.42 Å². The highest BCUT2D eigenvalue weighted by atomic mass is 19.2. The minimum atomic E-state index is -0.824. The Hall–Kier alpha value is -2.68. The second-order valence-corrected chi connectivity index (χ2v) is 6.96. The number of aryl methyl sites for hydroxylation is 1. The highest BCUT2D eigenvalue weighted by Gasteiger charge is 2.16. The lowest BCUT2D eigenvalue weighted by Gasteiger charge is -2.11. The molecule has 0 unspecified atom stereocenters. The van der Waals surface area contributed by atoms with Crippen molar-refractivity contribution in [3.05, 3.63) is 77.9 Å². The second kappa shape index (κ2) is 9.50. The molecule has 0 spiro atoms. The van der Waals surface area contributed by atoms with E-state index in [0.717, 1.165) is 31.4 Å². The van der Waals surface area contributed by atoms with Gasteiger partial charge >= 0.3 is 0 Å². The molecule has 0 aromatic heterocycles. The van der Waals surface area contributed by atoms with Gasteiger partial charge in [0.25, 0.3) is 0 Å². The first-order valence-corrected chi connectivity index (χ1v) is 9.94. The van der Waals surface area contributed by atoms with Gasteiger partial charge in [-0.3, -0.25) is 0 Å². The van der Waals surface area contributed by atoms with Crippen molar-refractivity contribution in [3.63, 3.8) is 0 Å². The van der Waals surface area contributed by atoms with E-state index in [1.54, 1.807) is 36.4 Å². The molecule has 0 saturated carbocycles. The lowest BCUT2D eigenvalue weighted by Crippen LogP contribution is -1.96. The molecule has 3 aromatic rings. The number of ether oxygens (including phenoxy) is 1. The van der Waals surface area contributed by atoms with Crippen molar-refractivity contribution in [1.29, 1.82) is 0 Å². The van der Waals surface area contributed by atoms with E-state index >= 15 is 0 Å². The van der Waals surface area contributed by atoms with Crippen LogP contribution in [0.5, 0.6) is 5.75 Å². The average Bonchev–Trinajstić information content (AvgIpc) is 2.73. The van der Waals surface area contributed by atoms with Crippen LogP contribution in [0.3, 0.4) is 0 Å². The fraction of sp³-hybridized carbons (Fsp3) is 0.280. The third-order valence-corrected chi connectivity index (χ3v) is 4.80. The van der Waals surface area contributed by atoms with Gasteiger partial charge in [0, 0.05) is 11.1 Å². The first-order chi connectivity index (χ1) is 13.6. The molecule has 3 rings (SSSR count). The van der Waals surface area contributed by atoms with Crippen LogP contribution in [0.1, 0.15) is 38.7 Å². The van der Waals surface area contributed by atoms with E-state index in [4.69, 9.17) is 4.74 Å². The van der Waals surface area contributed by atoms with Crippen LogP contribution in [0.25, 0.3) is 22.3 Å². The van der Waals surface area contributed by atoms with Crippen LogP contribution in [0, 0.1) is 11.6 Å². The number of hydrogen-bond donors (Lipinski definition) is 0. The molecule has 3 heteroatoms. The average molecular weight is 380 g/mol. The first kappa shape index (κ1) is 20.1. The smallest absolute Gasteiger partial charge is 0.167 e. The molecule has 0 amide bonds. The molecule has 28 heavy (non-hydrogen) atoms. The Bertz CT molecular complexity index is 823. The summed E-state index contributed by atoms with van der Waals surface area (Å²) in [7, 11) is 0. The van der Waals surface area contributed by atoms with E-state index in [1.165, 1.54) is 5.56 Å². The number of benzene rings is 3. The van der Waals surface area contributed by atoms with E-state index < -0.39 is 11.6 Å². The molecule has 0 aliphatic carbocycles. The summed E-state index contributed by atoms with van der Waals surface area (Å²) in [4.78, 5) is 0. The van der Waals surface area contributed by atoms with Crippen LogP contribution in [0.15, 0.2) is 60.7 Å². The summed E-state index contributed by atoms with van der Waals surface area (Å²) >= 11 is 0. The SMILES string of the molecule is CCCCc1ccc(-c2ccc(-c3ccc(OCCC)cc3)c(F)c2F)cc1. The Morgan fingerprint density at radius 1 is 0.679 bits per heavy atom. The van der Waals surface area contributed by atoms with Gasteiger partial charge in [0.1, 0.15) is 5.75 Å². The van der Waals surface area contributed by atoms with E-state index in [9.17, 15) is 8.78 Å². The molecule has 3 aromatic carbocycles. The van der Waals surface area contributed by atoms with Crippen LogP contribution in [0.2, 0.25) is 0 Å². The van der Waals surface area contributed by atoms with Gasteiger partial charge < -0.3 is 4.74 Å². The van der Waals surface area contributed by atoms with E-state index in [2.05, 4.69) is 6.92 Å². The molecule has 0 aliphatic heterocycles. The van der Waals surface area contributed by atoms with Crippen LogP contribution in [0.4, 0.5) is 8.78 Å². The van der Waals surface area contributed by atoms with Gasteiger partial charge in [-0.25, -0.2) is 8.78 Å². The zero-order valence-corrected chi connectivity index (χ0v) is 16.5. The monoisotopic (exact) mass is 380 g/mol. The zero-order valence-electron chi connectivity index (χ0n) is 16.5. The van der Waals surface area contributed by atoms with Gasteiger partial charge in [0.15, 0.2) is 11.6 Å². The Balaban J connectivity index is 1.84. The summed E-state index contributed by atoms with van der Waals surface area (Å²) in [5.74, 6) is -0.911. The maximum atomic E-state index is 14.8. The minimum absolute atomic E-state index is 0.253. The van der Waals surface area contributed by atoms with Crippen molar-refractivity contribution in [1.82, 2.24) is 0 Å². The number of rotatable bonds is 8. The topological polar surface area (TPSA) is 9.23 Å². The van der Waals surface area contributed by atoms with Crippen molar-refractivity contribution < 1.29 is 13.5 Å². The van der Waals surface area contributed by atoms with Crippen molar-refractivity contribution in [3.8, 4) is 28.0 Å². The largest absolute Gasteiger partial charge is 0.494 e. The first-order valence-electron chi connectivity index (χ1n) is 9.94. The van der Waals surface area contributed by atoms with Crippen molar-refractivity contribution in [2.24, 2.45) is 0 Å². The summed E-state index contributed by atoms with van der Waals surface area (Å²) in [5.41, 5.74) is 3.07. The Morgan fingerprint density at radius 3 is 1.71 bits per heavy atom. The maximum Gasteiger partial charge on any atom is 0.167 e. The van der Waals surface area contributed by atoms with Gasteiger partial charge in [-0.1, -0.05) is 68.8 Å². The van der Waals surface area contributed by atoms with Gasteiger partial charge in [0.2, 0.25) is 0 Å². The highest BCUT2D eigenvalue weighted by molar-refractivity contribution is 5.72. The molecule has 1 nitrogen and oxygen atoms in total. The van der Waals surface area contributed by atoms with E-state index in [0.29, 0.717) is 17.7 Å².